The Hall–Kier alpha value is -1.42. The Labute approximate surface area is 122 Å². The zero-order valence-corrected chi connectivity index (χ0v) is 12.1. The second kappa shape index (κ2) is 6.35. The number of Topliss-reactive ketones (excluding diaryl/α,β-unsaturated/α-hetero) is 1. The molecule has 1 heterocycles. The van der Waals surface area contributed by atoms with Gasteiger partial charge >= 0.3 is 0 Å². The van der Waals surface area contributed by atoms with E-state index in [1.165, 1.54) is 18.2 Å². The largest absolute Gasteiger partial charge is 0.339 e. The summed E-state index contributed by atoms with van der Waals surface area (Å²) in [5, 5.41) is 0.348. The Bertz CT molecular complexity index is 525. The molecule has 108 valence electrons. The molecular weight excluding hydrogens is 281 g/mol. The highest BCUT2D eigenvalue weighted by molar-refractivity contribution is 6.31. The van der Waals surface area contributed by atoms with Crippen molar-refractivity contribution in [2.24, 2.45) is 5.92 Å². The first-order chi connectivity index (χ1) is 9.47. The van der Waals surface area contributed by atoms with E-state index in [0.717, 1.165) is 12.8 Å². The number of likely N-dealkylation sites (tertiary alicyclic amines) is 1. The molecule has 0 atom stereocenters. The van der Waals surface area contributed by atoms with Crippen LogP contribution in [0.4, 0.5) is 4.39 Å². The van der Waals surface area contributed by atoms with Crippen LogP contribution in [-0.4, -0.2) is 29.7 Å². The van der Waals surface area contributed by atoms with Gasteiger partial charge in [-0.15, -0.1) is 0 Å². The molecule has 0 bridgehead atoms. The van der Waals surface area contributed by atoms with Gasteiger partial charge in [0.1, 0.15) is 11.6 Å². The maximum absolute atomic E-state index is 13.7. The summed E-state index contributed by atoms with van der Waals surface area (Å²) < 4.78 is 13.7. The minimum absolute atomic E-state index is 0.0162. The van der Waals surface area contributed by atoms with Crippen LogP contribution in [0.15, 0.2) is 18.2 Å². The summed E-state index contributed by atoms with van der Waals surface area (Å²) in [4.78, 5) is 25.0. The zero-order valence-electron chi connectivity index (χ0n) is 11.4. The summed E-state index contributed by atoms with van der Waals surface area (Å²) in [6.45, 7) is 2.70. The van der Waals surface area contributed by atoms with Gasteiger partial charge in [0.2, 0.25) is 0 Å². The summed E-state index contributed by atoms with van der Waals surface area (Å²) in [7, 11) is 0. The van der Waals surface area contributed by atoms with Crippen molar-refractivity contribution in [2.75, 3.05) is 13.1 Å². The van der Waals surface area contributed by atoms with E-state index in [1.807, 2.05) is 0 Å². The highest BCUT2D eigenvalue weighted by atomic mass is 35.5. The number of amides is 1. The van der Waals surface area contributed by atoms with Gasteiger partial charge in [0.15, 0.2) is 0 Å². The lowest BCUT2D eigenvalue weighted by Gasteiger charge is -2.31. The van der Waals surface area contributed by atoms with Crippen molar-refractivity contribution < 1.29 is 14.0 Å². The highest BCUT2D eigenvalue weighted by Crippen LogP contribution is 2.23. The van der Waals surface area contributed by atoms with E-state index < -0.39 is 5.82 Å². The molecule has 1 saturated heterocycles. The summed E-state index contributed by atoms with van der Waals surface area (Å²) in [5.41, 5.74) is 0.0162. The first-order valence-electron chi connectivity index (χ1n) is 6.71. The fraction of sp³-hybridized carbons (Fsp3) is 0.467. The average molecular weight is 298 g/mol. The maximum Gasteiger partial charge on any atom is 0.256 e. The summed E-state index contributed by atoms with van der Waals surface area (Å²) in [6, 6.07) is 3.99. The number of hydrogen-bond acceptors (Lipinski definition) is 2. The van der Waals surface area contributed by atoms with Gasteiger partial charge in [-0.2, -0.15) is 0 Å². The first-order valence-corrected chi connectivity index (χ1v) is 7.09. The van der Waals surface area contributed by atoms with E-state index >= 15 is 0 Å². The molecule has 0 N–H and O–H groups in total. The first kappa shape index (κ1) is 15.0. The molecule has 1 aliphatic heterocycles. The molecule has 5 heteroatoms. The monoisotopic (exact) mass is 297 g/mol. The molecule has 0 aliphatic carbocycles. The third-order valence-electron chi connectivity index (χ3n) is 3.64. The van der Waals surface area contributed by atoms with Gasteiger partial charge in [-0.05, 0) is 43.9 Å². The molecule has 0 saturated carbocycles. The minimum Gasteiger partial charge on any atom is -0.339 e. The van der Waals surface area contributed by atoms with Crippen molar-refractivity contribution in [1.29, 1.82) is 0 Å². The van der Waals surface area contributed by atoms with E-state index in [1.54, 1.807) is 11.8 Å². The third-order valence-corrected chi connectivity index (χ3v) is 3.87. The maximum atomic E-state index is 13.7. The van der Waals surface area contributed by atoms with Crippen molar-refractivity contribution >= 4 is 23.3 Å². The van der Waals surface area contributed by atoms with Crippen LogP contribution >= 0.6 is 11.6 Å². The van der Waals surface area contributed by atoms with Crippen LogP contribution in [0.1, 0.15) is 36.5 Å². The van der Waals surface area contributed by atoms with E-state index in [2.05, 4.69) is 0 Å². The zero-order chi connectivity index (χ0) is 14.7. The number of carbonyl (C=O) groups is 2. The second-order valence-corrected chi connectivity index (χ2v) is 5.70. The van der Waals surface area contributed by atoms with Crippen molar-refractivity contribution in [2.45, 2.75) is 26.2 Å². The van der Waals surface area contributed by atoms with E-state index in [4.69, 9.17) is 11.6 Å². The van der Waals surface area contributed by atoms with Gasteiger partial charge in [-0.1, -0.05) is 11.6 Å². The SMILES string of the molecule is CC(=O)CC1CCN(C(=O)c2cc(Cl)ccc2F)CC1. The smallest absolute Gasteiger partial charge is 0.256 e. The Morgan fingerprint density at radius 2 is 2.00 bits per heavy atom. The van der Waals surface area contributed by atoms with Gasteiger partial charge in [-0.3, -0.25) is 4.79 Å². The van der Waals surface area contributed by atoms with E-state index in [-0.39, 0.29) is 17.3 Å². The van der Waals surface area contributed by atoms with Crippen LogP contribution in [0.2, 0.25) is 5.02 Å². The summed E-state index contributed by atoms with van der Waals surface area (Å²) in [5.74, 6) is -0.368. The Morgan fingerprint density at radius 1 is 1.35 bits per heavy atom. The fourth-order valence-electron chi connectivity index (χ4n) is 2.58. The molecule has 2 rings (SSSR count). The third kappa shape index (κ3) is 3.57. The number of carbonyl (C=O) groups excluding carboxylic acids is 2. The van der Waals surface area contributed by atoms with E-state index in [9.17, 15) is 14.0 Å². The molecule has 0 spiro atoms. The van der Waals surface area contributed by atoms with Crippen LogP contribution in [0.3, 0.4) is 0 Å². The topological polar surface area (TPSA) is 37.4 Å². The van der Waals surface area contributed by atoms with Crippen LogP contribution in [-0.2, 0) is 4.79 Å². The van der Waals surface area contributed by atoms with Gasteiger partial charge in [0.25, 0.3) is 5.91 Å². The number of hydrogen-bond donors (Lipinski definition) is 0. The number of rotatable bonds is 3. The minimum atomic E-state index is -0.551. The molecule has 1 fully saturated rings. The van der Waals surface area contributed by atoms with Crippen molar-refractivity contribution in [3.63, 3.8) is 0 Å². The van der Waals surface area contributed by atoms with Crippen molar-refractivity contribution in [3.05, 3.63) is 34.6 Å². The predicted octanol–water partition coefficient (Wildman–Crippen LogP) is 3.31. The summed E-state index contributed by atoms with van der Waals surface area (Å²) >= 11 is 5.81. The molecule has 1 aromatic carbocycles. The normalized spacial score (nSPS) is 16.2. The van der Waals surface area contributed by atoms with Gasteiger partial charge in [0, 0.05) is 24.5 Å². The number of benzene rings is 1. The van der Waals surface area contributed by atoms with Crippen LogP contribution in [0.25, 0.3) is 0 Å². The highest BCUT2D eigenvalue weighted by Gasteiger charge is 2.25. The number of halogens is 2. The van der Waals surface area contributed by atoms with Crippen LogP contribution in [0.5, 0.6) is 0 Å². The molecule has 0 radical (unpaired) electrons. The van der Waals surface area contributed by atoms with Crippen molar-refractivity contribution in [1.82, 2.24) is 4.90 Å². The molecule has 3 nitrogen and oxygen atoms in total. The summed E-state index contributed by atoms with van der Waals surface area (Å²) in [6.07, 6.45) is 2.13. The second-order valence-electron chi connectivity index (χ2n) is 5.27. The fourth-order valence-corrected chi connectivity index (χ4v) is 2.75. The standard InChI is InChI=1S/C15H17ClFNO2/c1-10(19)8-11-4-6-18(7-5-11)15(20)13-9-12(16)2-3-14(13)17/h2-3,9,11H,4-8H2,1H3. The Morgan fingerprint density at radius 3 is 2.60 bits per heavy atom. The predicted molar refractivity (Wildman–Crippen MR) is 75.3 cm³/mol. The number of piperidine rings is 1. The van der Waals surface area contributed by atoms with Crippen LogP contribution in [0, 0.1) is 11.7 Å². The lowest BCUT2D eigenvalue weighted by atomic mass is 9.92. The number of nitrogens with zero attached hydrogens (tertiary/aromatic N) is 1. The van der Waals surface area contributed by atoms with Gasteiger partial charge in [0.05, 0.1) is 5.56 Å². The Kier molecular flexibility index (Phi) is 4.76. The molecule has 0 unspecified atom stereocenters. The quantitative estimate of drug-likeness (QED) is 0.858. The molecule has 0 aromatic heterocycles. The number of ketones is 1. The van der Waals surface area contributed by atoms with Crippen LogP contribution < -0.4 is 0 Å². The van der Waals surface area contributed by atoms with E-state index in [0.29, 0.717) is 30.5 Å². The lowest BCUT2D eigenvalue weighted by Crippen LogP contribution is -2.39. The molecule has 1 aliphatic rings. The molecule has 1 aromatic rings. The molecule has 1 amide bonds. The Balaban J connectivity index is 2.01. The van der Waals surface area contributed by atoms with Gasteiger partial charge in [-0.25, -0.2) is 4.39 Å². The van der Waals surface area contributed by atoms with Crippen molar-refractivity contribution in [3.8, 4) is 0 Å². The average Bonchev–Trinajstić information content (AvgIpc) is 2.41. The molecule has 20 heavy (non-hydrogen) atoms. The molecular formula is C15H17ClFNO2. The van der Waals surface area contributed by atoms with Gasteiger partial charge < -0.3 is 9.69 Å². The lowest BCUT2D eigenvalue weighted by molar-refractivity contribution is -0.118.